The SMILES string of the molecule is O=C(CC1CCCO1)Nc1ccc(CCCl)cc1. The first-order chi connectivity index (χ1) is 8.78. The minimum Gasteiger partial charge on any atom is -0.378 e. The van der Waals surface area contributed by atoms with Gasteiger partial charge in [0.15, 0.2) is 0 Å². The van der Waals surface area contributed by atoms with E-state index in [1.54, 1.807) is 0 Å². The van der Waals surface area contributed by atoms with Gasteiger partial charge in [-0.3, -0.25) is 4.79 Å². The average Bonchev–Trinajstić information content (AvgIpc) is 2.84. The first-order valence-corrected chi connectivity index (χ1v) is 6.88. The van der Waals surface area contributed by atoms with Gasteiger partial charge >= 0.3 is 0 Å². The summed E-state index contributed by atoms with van der Waals surface area (Å²) >= 11 is 5.67. The van der Waals surface area contributed by atoms with Gasteiger partial charge in [0.05, 0.1) is 12.5 Å². The zero-order valence-corrected chi connectivity index (χ0v) is 11.1. The minimum atomic E-state index is 0.0204. The third kappa shape index (κ3) is 4.00. The van der Waals surface area contributed by atoms with Crippen molar-refractivity contribution in [2.24, 2.45) is 0 Å². The van der Waals surface area contributed by atoms with E-state index in [-0.39, 0.29) is 12.0 Å². The molecule has 2 rings (SSSR count). The van der Waals surface area contributed by atoms with Crippen LogP contribution in [0.25, 0.3) is 0 Å². The highest BCUT2D eigenvalue weighted by molar-refractivity contribution is 6.17. The summed E-state index contributed by atoms with van der Waals surface area (Å²) in [5, 5.41) is 2.89. The van der Waals surface area contributed by atoms with E-state index in [4.69, 9.17) is 16.3 Å². The molecule has 1 aromatic carbocycles. The van der Waals surface area contributed by atoms with Gasteiger partial charge in [-0.1, -0.05) is 12.1 Å². The minimum absolute atomic E-state index is 0.0204. The van der Waals surface area contributed by atoms with Gasteiger partial charge in [0, 0.05) is 18.2 Å². The summed E-state index contributed by atoms with van der Waals surface area (Å²) in [6, 6.07) is 7.80. The summed E-state index contributed by atoms with van der Waals surface area (Å²) in [6.45, 7) is 0.783. The molecule has 1 amide bonds. The monoisotopic (exact) mass is 267 g/mol. The molecule has 3 nitrogen and oxygen atoms in total. The Hall–Kier alpha value is -1.06. The molecule has 1 heterocycles. The third-order valence-corrected chi connectivity index (χ3v) is 3.25. The number of nitrogens with one attached hydrogen (secondary N) is 1. The fourth-order valence-electron chi connectivity index (χ4n) is 2.09. The van der Waals surface area contributed by atoms with Crippen molar-refractivity contribution in [1.29, 1.82) is 0 Å². The number of hydrogen-bond acceptors (Lipinski definition) is 2. The van der Waals surface area contributed by atoms with Crippen LogP contribution in [-0.4, -0.2) is 24.5 Å². The van der Waals surface area contributed by atoms with Crippen molar-refractivity contribution in [2.45, 2.75) is 31.8 Å². The zero-order chi connectivity index (χ0) is 12.8. The van der Waals surface area contributed by atoms with Gasteiger partial charge in [0.25, 0.3) is 0 Å². The fraction of sp³-hybridized carbons (Fsp3) is 0.500. The van der Waals surface area contributed by atoms with Crippen LogP contribution in [0.1, 0.15) is 24.8 Å². The largest absolute Gasteiger partial charge is 0.378 e. The van der Waals surface area contributed by atoms with E-state index in [0.717, 1.165) is 31.6 Å². The highest BCUT2D eigenvalue weighted by Gasteiger charge is 2.18. The summed E-state index contributed by atoms with van der Waals surface area (Å²) in [4.78, 5) is 11.8. The van der Waals surface area contributed by atoms with Gasteiger partial charge in [-0.05, 0) is 37.0 Å². The zero-order valence-electron chi connectivity index (χ0n) is 10.3. The Morgan fingerprint density at radius 1 is 1.39 bits per heavy atom. The van der Waals surface area contributed by atoms with Gasteiger partial charge in [-0.15, -0.1) is 11.6 Å². The molecular weight excluding hydrogens is 250 g/mol. The van der Waals surface area contributed by atoms with Crippen LogP contribution < -0.4 is 5.32 Å². The number of rotatable bonds is 5. The number of benzene rings is 1. The summed E-state index contributed by atoms with van der Waals surface area (Å²) < 4.78 is 5.44. The number of hydrogen-bond donors (Lipinski definition) is 1. The van der Waals surface area contributed by atoms with E-state index in [2.05, 4.69) is 5.32 Å². The number of halogens is 1. The van der Waals surface area contributed by atoms with Crippen LogP contribution in [0.3, 0.4) is 0 Å². The molecule has 1 saturated heterocycles. The third-order valence-electron chi connectivity index (χ3n) is 3.06. The molecule has 0 aromatic heterocycles. The second-order valence-electron chi connectivity index (χ2n) is 4.52. The van der Waals surface area contributed by atoms with Gasteiger partial charge in [0.1, 0.15) is 0 Å². The first kappa shape index (κ1) is 13.4. The summed E-state index contributed by atoms with van der Waals surface area (Å²) in [7, 11) is 0. The van der Waals surface area contributed by atoms with Crippen molar-refractivity contribution in [1.82, 2.24) is 0 Å². The van der Waals surface area contributed by atoms with Crippen molar-refractivity contribution in [2.75, 3.05) is 17.8 Å². The number of amides is 1. The van der Waals surface area contributed by atoms with E-state index >= 15 is 0 Å². The Bertz CT molecular complexity index is 385. The molecule has 1 unspecified atom stereocenters. The maximum atomic E-state index is 11.8. The predicted molar refractivity (Wildman–Crippen MR) is 73.1 cm³/mol. The molecule has 0 aliphatic carbocycles. The molecule has 0 saturated carbocycles. The predicted octanol–water partition coefficient (Wildman–Crippen LogP) is 2.98. The molecular formula is C14H18ClNO2. The van der Waals surface area contributed by atoms with Crippen molar-refractivity contribution >= 4 is 23.2 Å². The maximum absolute atomic E-state index is 11.8. The Labute approximate surface area is 112 Å². The molecule has 1 aliphatic rings. The molecule has 4 heteroatoms. The van der Waals surface area contributed by atoms with Crippen molar-refractivity contribution in [3.63, 3.8) is 0 Å². The molecule has 98 valence electrons. The van der Waals surface area contributed by atoms with E-state index in [0.29, 0.717) is 12.3 Å². The average molecular weight is 268 g/mol. The number of carbonyl (C=O) groups is 1. The van der Waals surface area contributed by atoms with Crippen LogP contribution in [-0.2, 0) is 16.0 Å². The van der Waals surface area contributed by atoms with Crippen molar-refractivity contribution in [3.8, 4) is 0 Å². The smallest absolute Gasteiger partial charge is 0.226 e. The van der Waals surface area contributed by atoms with Crippen molar-refractivity contribution in [3.05, 3.63) is 29.8 Å². The molecule has 18 heavy (non-hydrogen) atoms. The van der Waals surface area contributed by atoms with Crippen LogP contribution in [0, 0.1) is 0 Å². The number of aryl methyl sites for hydroxylation is 1. The summed E-state index contributed by atoms with van der Waals surface area (Å²) in [6.07, 6.45) is 3.45. The quantitative estimate of drug-likeness (QED) is 0.833. The van der Waals surface area contributed by atoms with E-state index in [1.807, 2.05) is 24.3 Å². The van der Waals surface area contributed by atoms with Crippen LogP contribution in [0.5, 0.6) is 0 Å². The molecule has 0 radical (unpaired) electrons. The Balaban J connectivity index is 1.82. The van der Waals surface area contributed by atoms with Gasteiger partial charge < -0.3 is 10.1 Å². The number of ether oxygens (including phenoxy) is 1. The van der Waals surface area contributed by atoms with Gasteiger partial charge in [-0.2, -0.15) is 0 Å². The number of anilines is 1. The Morgan fingerprint density at radius 2 is 2.17 bits per heavy atom. The number of carbonyl (C=O) groups excluding carboxylic acids is 1. The lowest BCUT2D eigenvalue weighted by atomic mass is 10.1. The topological polar surface area (TPSA) is 38.3 Å². The molecule has 1 aromatic rings. The fourth-order valence-corrected chi connectivity index (χ4v) is 2.31. The molecule has 1 N–H and O–H groups in total. The normalized spacial score (nSPS) is 18.8. The molecule has 1 aliphatic heterocycles. The van der Waals surface area contributed by atoms with Crippen LogP contribution in [0.2, 0.25) is 0 Å². The van der Waals surface area contributed by atoms with E-state index < -0.39 is 0 Å². The standard InChI is InChI=1S/C14H18ClNO2/c15-8-7-11-3-5-12(6-4-11)16-14(17)10-13-2-1-9-18-13/h3-6,13H,1-2,7-10H2,(H,16,17). The van der Waals surface area contributed by atoms with Crippen molar-refractivity contribution < 1.29 is 9.53 Å². The van der Waals surface area contributed by atoms with Crippen LogP contribution in [0.15, 0.2) is 24.3 Å². The lowest BCUT2D eigenvalue weighted by Crippen LogP contribution is -2.19. The summed E-state index contributed by atoms with van der Waals surface area (Å²) in [5.41, 5.74) is 2.01. The first-order valence-electron chi connectivity index (χ1n) is 6.34. The highest BCUT2D eigenvalue weighted by Crippen LogP contribution is 2.17. The van der Waals surface area contributed by atoms with E-state index in [9.17, 15) is 4.79 Å². The second kappa shape index (κ2) is 6.76. The lowest BCUT2D eigenvalue weighted by molar-refractivity contribution is -0.118. The molecule has 1 atom stereocenters. The van der Waals surface area contributed by atoms with E-state index in [1.165, 1.54) is 5.56 Å². The molecule has 0 spiro atoms. The molecule has 0 bridgehead atoms. The van der Waals surface area contributed by atoms with Crippen LogP contribution >= 0.6 is 11.6 Å². The second-order valence-corrected chi connectivity index (χ2v) is 4.90. The lowest BCUT2D eigenvalue weighted by Gasteiger charge is -2.10. The van der Waals surface area contributed by atoms with Gasteiger partial charge in [0.2, 0.25) is 5.91 Å². The van der Waals surface area contributed by atoms with Gasteiger partial charge in [-0.25, -0.2) is 0 Å². The summed E-state index contributed by atoms with van der Waals surface area (Å²) in [5.74, 6) is 0.636. The highest BCUT2D eigenvalue weighted by atomic mass is 35.5. The number of alkyl halides is 1. The molecule has 1 fully saturated rings. The maximum Gasteiger partial charge on any atom is 0.226 e. The Morgan fingerprint density at radius 3 is 2.78 bits per heavy atom. The van der Waals surface area contributed by atoms with Crippen LogP contribution in [0.4, 0.5) is 5.69 Å². The Kier molecular flexibility index (Phi) is 5.02.